The molecule has 0 bridgehead atoms. The normalized spacial score (nSPS) is 14.8. The molecule has 4 heteroatoms. The highest BCUT2D eigenvalue weighted by Crippen LogP contribution is 2.20. The Hall–Kier alpha value is -0.610. The van der Waals surface area contributed by atoms with E-state index in [4.69, 9.17) is 11.6 Å². The van der Waals surface area contributed by atoms with E-state index in [0.29, 0.717) is 13.1 Å². The Morgan fingerprint density at radius 2 is 1.94 bits per heavy atom. The van der Waals surface area contributed by atoms with E-state index in [0.717, 1.165) is 11.6 Å². The second-order valence-corrected chi connectivity index (χ2v) is 5.07. The maximum atomic E-state index is 9.87. The van der Waals surface area contributed by atoms with Crippen LogP contribution in [0.2, 0.25) is 5.02 Å². The largest absolute Gasteiger partial charge is 0.390 e. The summed E-state index contributed by atoms with van der Waals surface area (Å²) in [6, 6.07) is 8.12. The van der Waals surface area contributed by atoms with Crippen molar-refractivity contribution in [2.45, 2.75) is 26.0 Å². The molecule has 0 aliphatic rings. The predicted octanol–water partition coefficient (Wildman–Crippen LogP) is 2.30. The molecule has 2 unspecified atom stereocenters. The maximum absolute atomic E-state index is 9.87. The van der Waals surface area contributed by atoms with E-state index < -0.39 is 0 Å². The second kappa shape index (κ2) is 7.74. The van der Waals surface area contributed by atoms with Crippen molar-refractivity contribution in [2.75, 3.05) is 26.7 Å². The molecule has 0 amide bonds. The molecule has 2 atom stereocenters. The van der Waals surface area contributed by atoms with E-state index >= 15 is 0 Å². The summed E-state index contributed by atoms with van der Waals surface area (Å²) in [6.07, 6.45) is -0.343. The molecule has 0 fully saturated rings. The fourth-order valence-electron chi connectivity index (χ4n) is 1.86. The maximum Gasteiger partial charge on any atom is 0.0791 e. The summed E-state index contributed by atoms with van der Waals surface area (Å²) in [4.78, 5) is 2.14. The number of rotatable bonds is 7. The molecule has 0 aromatic heterocycles. The van der Waals surface area contributed by atoms with Crippen LogP contribution in [-0.2, 0) is 0 Å². The van der Waals surface area contributed by atoms with Crippen molar-refractivity contribution in [3.05, 3.63) is 34.9 Å². The second-order valence-electron chi connectivity index (χ2n) is 4.63. The monoisotopic (exact) mass is 270 g/mol. The molecule has 18 heavy (non-hydrogen) atoms. The van der Waals surface area contributed by atoms with Crippen molar-refractivity contribution >= 4 is 11.6 Å². The number of nitrogens with one attached hydrogen (secondary N) is 1. The molecule has 2 N–H and O–H groups in total. The van der Waals surface area contributed by atoms with Crippen LogP contribution in [0.5, 0.6) is 0 Å². The van der Waals surface area contributed by atoms with Gasteiger partial charge >= 0.3 is 0 Å². The topological polar surface area (TPSA) is 35.5 Å². The fraction of sp³-hybridized carbons (Fsp3) is 0.571. The Balaban J connectivity index is 2.50. The summed E-state index contributed by atoms with van der Waals surface area (Å²) in [5.41, 5.74) is 1.21. The predicted molar refractivity (Wildman–Crippen MR) is 77.0 cm³/mol. The zero-order valence-corrected chi connectivity index (χ0v) is 12.1. The van der Waals surface area contributed by atoms with Gasteiger partial charge in [-0.3, -0.25) is 4.90 Å². The molecule has 1 aromatic carbocycles. The summed E-state index contributed by atoms with van der Waals surface area (Å²) in [6.45, 7) is 6.33. The third-order valence-electron chi connectivity index (χ3n) is 3.14. The Bertz CT molecular complexity index is 342. The van der Waals surface area contributed by atoms with Crippen molar-refractivity contribution in [3.63, 3.8) is 0 Å². The third-order valence-corrected chi connectivity index (χ3v) is 3.39. The first-order valence-corrected chi connectivity index (χ1v) is 6.76. The Morgan fingerprint density at radius 3 is 2.50 bits per heavy atom. The Morgan fingerprint density at radius 1 is 1.33 bits per heavy atom. The molecule has 0 radical (unpaired) electrons. The van der Waals surface area contributed by atoms with E-state index in [2.05, 4.69) is 17.1 Å². The van der Waals surface area contributed by atoms with Gasteiger partial charge < -0.3 is 10.4 Å². The highest BCUT2D eigenvalue weighted by atomic mass is 35.5. The third kappa shape index (κ3) is 4.94. The van der Waals surface area contributed by atoms with Crippen LogP contribution in [0.15, 0.2) is 24.3 Å². The van der Waals surface area contributed by atoms with E-state index in [9.17, 15) is 5.11 Å². The summed E-state index contributed by atoms with van der Waals surface area (Å²) >= 11 is 5.88. The first-order chi connectivity index (χ1) is 8.54. The number of aliphatic hydroxyl groups is 1. The van der Waals surface area contributed by atoms with Crippen LogP contribution in [0.3, 0.4) is 0 Å². The molecule has 0 heterocycles. The minimum Gasteiger partial charge on any atom is -0.390 e. The van der Waals surface area contributed by atoms with Crippen LogP contribution >= 0.6 is 11.6 Å². The summed E-state index contributed by atoms with van der Waals surface area (Å²) < 4.78 is 0. The molecule has 0 spiro atoms. The molecular weight excluding hydrogens is 248 g/mol. The minimum absolute atomic E-state index is 0.263. The van der Waals surface area contributed by atoms with Crippen molar-refractivity contribution in [3.8, 4) is 0 Å². The molecule has 0 saturated carbocycles. The highest BCUT2D eigenvalue weighted by Gasteiger charge is 2.14. The van der Waals surface area contributed by atoms with Crippen molar-refractivity contribution < 1.29 is 5.11 Å². The van der Waals surface area contributed by atoms with Crippen molar-refractivity contribution in [2.24, 2.45) is 0 Å². The van der Waals surface area contributed by atoms with E-state index in [1.54, 1.807) is 0 Å². The van der Waals surface area contributed by atoms with E-state index in [1.165, 1.54) is 5.56 Å². The van der Waals surface area contributed by atoms with Gasteiger partial charge in [-0.2, -0.15) is 0 Å². The zero-order chi connectivity index (χ0) is 13.5. The molecule has 0 aliphatic carbocycles. The van der Waals surface area contributed by atoms with Gasteiger partial charge in [-0.1, -0.05) is 30.7 Å². The van der Waals surface area contributed by atoms with Gasteiger partial charge in [-0.05, 0) is 38.2 Å². The molecular formula is C14H23ClN2O. The lowest BCUT2D eigenvalue weighted by molar-refractivity contribution is 0.107. The Kier molecular flexibility index (Phi) is 6.65. The summed E-state index contributed by atoms with van der Waals surface area (Å²) in [5, 5.41) is 13.8. The lowest BCUT2D eigenvalue weighted by Crippen LogP contribution is -2.37. The number of aliphatic hydroxyl groups excluding tert-OH is 1. The minimum atomic E-state index is -0.343. The van der Waals surface area contributed by atoms with Gasteiger partial charge in [0.15, 0.2) is 0 Å². The van der Waals surface area contributed by atoms with Crippen LogP contribution in [0.4, 0.5) is 0 Å². The van der Waals surface area contributed by atoms with Gasteiger partial charge in [0.05, 0.1) is 6.10 Å². The van der Waals surface area contributed by atoms with Crippen molar-refractivity contribution in [1.29, 1.82) is 0 Å². The van der Waals surface area contributed by atoms with Gasteiger partial charge in [-0.25, -0.2) is 0 Å². The molecule has 102 valence electrons. The number of benzene rings is 1. The molecule has 0 saturated heterocycles. The van der Waals surface area contributed by atoms with E-state index in [-0.39, 0.29) is 12.1 Å². The van der Waals surface area contributed by atoms with Crippen LogP contribution in [0.25, 0.3) is 0 Å². The smallest absolute Gasteiger partial charge is 0.0791 e. The van der Waals surface area contributed by atoms with Gasteiger partial charge in [-0.15, -0.1) is 0 Å². The van der Waals surface area contributed by atoms with Gasteiger partial charge in [0.1, 0.15) is 0 Å². The van der Waals surface area contributed by atoms with Crippen LogP contribution in [0.1, 0.15) is 25.5 Å². The molecule has 0 aliphatic heterocycles. The lowest BCUT2D eigenvalue weighted by Gasteiger charge is -2.27. The number of hydrogen-bond donors (Lipinski definition) is 2. The average Bonchev–Trinajstić information content (AvgIpc) is 2.36. The number of halogens is 1. The molecule has 1 aromatic rings. The number of likely N-dealkylation sites (N-methyl/N-ethyl adjacent to an activating group) is 2. The Labute approximate surface area is 115 Å². The van der Waals surface area contributed by atoms with Crippen LogP contribution < -0.4 is 5.32 Å². The van der Waals surface area contributed by atoms with Gasteiger partial charge in [0.2, 0.25) is 0 Å². The summed E-state index contributed by atoms with van der Waals surface area (Å²) in [5.74, 6) is 0. The standard InChI is InChI=1S/C14H23ClN2O/c1-4-16-9-14(18)10-17(3)11(2)12-5-7-13(15)8-6-12/h5-8,11,14,16,18H,4,9-10H2,1-3H3. The average molecular weight is 271 g/mol. The first kappa shape index (κ1) is 15.4. The quantitative estimate of drug-likeness (QED) is 0.798. The van der Waals surface area contributed by atoms with Gasteiger partial charge in [0.25, 0.3) is 0 Å². The number of nitrogens with zero attached hydrogens (tertiary/aromatic N) is 1. The lowest BCUT2D eigenvalue weighted by atomic mass is 10.1. The summed E-state index contributed by atoms with van der Waals surface area (Å²) in [7, 11) is 2.02. The molecule has 1 rings (SSSR count). The van der Waals surface area contributed by atoms with Gasteiger partial charge in [0, 0.05) is 24.2 Å². The number of hydrogen-bond acceptors (Lipinski definition) is 3. The van der Waals surface area contributed by atoms with E-state index in [1.807, 2.05) is 38.2 Å². The molecule has 3 nitrogen and oxygen atoms in total. The fourth-order valence-corrected chi connectivity index (χ4v) is 1.99. The van der Waals surface area contributed by atoms with Crippen molar-refractivity contribution in [1.82, 2.24) is 10.2 Å². The van der Waals surface area contributed by atoms with Crippen LogP contribution in [0, 0.1) is 0 Å². The SMILES string of the molecule is CCNCC(O)CN(C)C(C)c1ccc(Cl)cc1. The zero-order valence-electron chi connectivity index (χ0n) is 11.4. The highest BCUT2D eigenvalue weighted by molar-refractivity contribution is 6.30. The van der Waals surface area contributed by atoms with Crippen LogP contribution in [-0.4, -0.2) is 42.8 Å². The first-order valence-electron chi connectivity index (χ1n) is 6.39.